The molecule has 1 fully saturated rings. The van der Waals surface area contributed by atoms with E-state index in [1.807, 2.05) is 6.07 Å². The highest BCUT2D eigenvalue weighted by molar-refractivity contribution is 5.89. The molecule has 1 aliphatic rings. The Labute approximate surface area is 112 Å². The maximum atomic E-state index is 12.0. The minimum absolute atomic E-state index is 0.0611. The third-order valence-corrected chi connectivity index (χ3v) is 3.21. The van der Waals surface area contributed by atoms with Gasteiger partial charge in [-0.05, 0) is 31.0 Å². The number of nitrogens with one attached hydrogen (secondary N) is 1. The molecule has 19 heavy (non-hydrogen) atoms. The van der Waals surface area contributed by atoms with Gasteiger partial charge in [0.2, 0.25) is 0 Å². The highest BCUT2D eigenvalue weighted by Crippen LogP contribution is 2.17. The van der Waals surface area contributed by atoms with Crippen molar-refractivity contribution >= 4 is 11.7 Å². The van der Waals surface area contributed by atoms with E-state index in [0.717, 1.165) is 12.8 Å². The Morgan fingerprint density at radius 2 is 2.05 bits per heavy atom. The summed E-state index contributed by atoms with van der Waals surface area (Å²) in [6.45, 7) is 1.20. The van der Waals surface area contributed by atoms with Gasteiger partial charge in [-0.1, -0.05) is 6.07 Å². The molecule has 1 aromatic rings. The Balaban J connectivity index is 1.95. The average molecular weight is 254 g/mol. The number of likely N-dealkylation sites (tertiary alicyclic amines) is 1. The molecule has 0 aromatic heterocycles. The van der Waals surface area contributed by atoms with Gasteiger partial charge in [-0.15, -0.1) is 0 Å². The smallest absolute Gasteiger partial charge is 0.321 e. The molecule has 1 aromatic carbocycles. The highest BCUT2D eigenvalue weighted by atomic mass is 16.2. The lowest BCUT2D eigenvalue weighted by atomic mass is 9.99. The van der Waals surface area contributed by atoms with Crippen LogP contribution in [0.4, 0.5) is 10.5 Å². The molecule has 5 heteroatoms. The highest BCUT2D eigenvalue weighted by Gasteiger charge is 2.22. The zero-order valence-corrected chi connectivity index (χ0v) is 10.5. The SMILES string of the molecule is N#Cc1cccc(NC(=O)N2CCC(C#N)CC2)c1. The van der Waals surface area contributed by atoms with Crippen LogP contribution in [-0.2, 0) is 0 Å². The Hall–Kier alpha value is -2.53. The number of amides is 2. The molecule has 0 saturated carbocycles. The molecule has 0 radical (unpaired) electrons. The lowest BCUT2D eigenvalue weighted by molar-refractivity contribution is 0.192. The van der Waals surface area contributed by atoms with Crippen molar-refractivity contribution in [2.75, 3.05) is 18.4 Å². The first kappa shape index (κ1) is 12.9. The van der Waals surface area contributed by atoms with E-state index in [2.05, 4.69) is 11.4 Å². The van der Waals surface area contributed by atoms with Crippen molar-refractivity contribution < 1.29 is 4.79 Å². The molecular formula is C14H14N4O. The quantitative estimate of drug-likeness (QED) is 0.835. The van der Waals surface area contributed by atoms with E-state index in [9.17, 15) is 4.79 Å². The molecule has 0 atom stereocenters. The molecule has 96 valence electrons. The summed E-state index contributed by atoms with van der Waals surface area (Å²) in [4.78, 5) is 13.7. The van der Waals surface area contributed by atoms with Crippen molar-refractivity contribution in [3.05, 3.63) is 29.8 Å². The van der Waals surface area contributed by atoms with Crippen LogP contribution >= 0.6 is 0 Å². The average Bonchev–Trinajstić information content (AvgIpc) is 2.47. The van der Waals surface area contributed by atoms with Gasteiger partial charge < -0.3 is 10.2 Å². The number of piperidine rings is 1. The summed E-state index contributed by atoms with van der Waals surface area (Å²) in [6.07, 6.45) is 1.45. The van der Waals surface area contributed by atoms with Crippen molar-refractivity contribution in [2.45, 2.75) is 12.8 Å². The van der Waals surface area contributed by atoms with E-state index in [-0.39, 0.29) is 11.9 Å². The number of urea groups is 1. The van der Waals surface area contributed by atoms with Crippen LogP contribution in [0.5, 0.6) is 0 Å². The number of carbonyl (C=O) groups excluding carboxylic acids is 1. The molecule has 1 heterocycles. The second-order valence-electron chi connectivity index (χ2n) is 4.51. The summed E-state index contributed by atoms with van der Waals surface area (Å²) in [5, 5.41) is 20.4. The number of rotatable bonds is 1. The molecular weight excluding hydrogens is 240 g/mol. The first-order valence-corrected chi connectivity index (χ1v) is 6.18. The van der Waals surface area contributed by atoms with Crippen LogP contribution in [0.3, 0.4) is 0 Å². The molecule has 1 aliphatic heterocycles. The van der Waals surface area contributed by atoms with Gasteiger partial charge in [0.25, 0.3) is 0 Å². The lowest BCUT2D eigenvalue weighted by Gasteiger charge is -2.29. The molecule has 0 bridgehead atoms. The topological polar surface area (TPSA) is 79.9 Å². The Morgan fingerprint density at radius 1 is 1.32 bits per heavy atom. The number of hydrogen-bond donors (Lipinski definition) is 1. The Bertz CT molecular complexity index is 547. The van der Waals surface area contributed by atoms with Gasteiger partial charge >= 0.3 is 6.03 Å². The van der Waals surface area contributed by atoms with Gasteiger partial charge in [-0.25, -0.2) is 4.79 Å². The first-order chi connectivity index (χ1) is 9.22. The lowest BCUT2D eigenvalue weighted by Crippen LogP contribution is -2.40. The van der Waals surface area contributed by atoms with Crippen LogP contribution in [0, 0.1) is 28.6 Å². The van der Waals surface area contributed by atoms with E-state index >= 15 is 0 Å². The largest absolute Gasteiger partial charge is 0.324 e. The normalized spacial score (nSPS) is 15.4. The van der Waals surface area contributed by atoms with E-state index in [1.54, 1.807) is 29.2 Å². The van der Waals surface area contributed by atoms with Gasteiger partial charge in [0.15, 0.2) is 0 Å². The molecule has 0 unspecified atom stereocenters. The van der Waals surface area contributed by atoms with Gasteiger partial charge in [-0.3, -0.25) is 0 Å². The molecule has 1 N–H and O–H groups in total. The fourth-order valence-corrected chi connectivity index (χ4v) is 2.08. The van der Waals surface area contributed by atoms with Crippen molar-refractivity contribution in [1.29, 1.82) is 10.5 Å². The predicted octanol–water partition coefficient (Wildman–Crippen LogP) is 2.33. The zero-order valence-electron chi connectivity index (χ0n) is 10.5. The van der Waals surface area contributed by atoms with Crippen molar-refractivity contribution in [3.8, 4) is 12.1 Å². The van der Waals surface area contributed by atoms with Gasteiger partial charge in [0.05, 0.1) is 17.7 Å². The number of nitriles is 2. The van der Waals surface area contributed by atoms with Gasteiger partial charge in [0.1, 0.15) is 0 Å². The standard InChI is InChI=1S/C14H14N4O/c15-9-11-4-6-18(7-5-11)14(19)17-13-3-1-2-12(8-13)10-16/h1-3,8,11H,4-7H2,(H,17,19). The third-order valence-electron chi connectivity index (χ3n) is 3.21. The van der Waals surface area contributed by atoms with Crippen molar-refractivity contribution in [2.24, 2.45) is 5.92 Å². The number of benzene rings is 1. The summed E-state index contributed by atoms with van der Waals surface area (Å²) in [6, 6.07) is 10.9. The van der Waals surface area contributed by atoms with Crippen LogP contribution < -0.4 is 5.32 Å². The van der Waals surface area contributed by atoms with Gasteiger partial charge in [0, 0.05) is 24.7 Å². The maximum Gasteiger partial charge on any atom is 0.321 e. The monoisotopic (exact) mass is 254 g/mol. The Morgan fingerprint density at radius 3 is 2.68 bits per heavy atom. The minimum Gasteiger partial charge on any atom is -0.324 e. The van der Waals surface area contributed by atoms with Crippen LogP contribution in [0.15, 0.2) is 24.3 Å². The Kier molecular flexibility index (Phi) is 4.00. The summed E-state index contributed by atoms with van der Waals surface area (Å²) in [5.74, 6) is 0.0611. The van der Waals surface area contributed by atoms with Crippen LogP contribution in [-0.4, -0.2) is 24.0 Å². The second-order valence-corrected chi connectivity index (χ2v) is 4.51. The molecule has 1 saturated heterocycles. The minimum atomic E-state index is -0.175. The number of anilines is 1. The third kappa shape index (κ3) is 3.23. The van der Waals surface area contributed by atoms with Crippen LogP contribution in [0.25, 0.3) is 0 Å². The van der Waals surface area contributed by atoms with Crippen LogP contribution in [0.1, 0.15) is 18.4 Å². The summed E-state index contributed by atoms with van der Waals surface area (Å²) in [5.41, 5.74) is 1.13. The molecule has 2 rings (SSSR count). The van der Waals surface area contributed by atoms with E-state index < -0.39 is 0 Å². The number of hydrogen-bond acceptors (Lipinski definition) is 3. The molecule has 0 spiro atoms. The fraction of sp³-hybridized carbons (Fsp3) is 0.357. The zero-order chi connectivity index (χ0) is 13.7. The summed E-state index contributed by atoms with van der Waals surface area (Å²) < 4.78 is 0. The van der Waals surface area contributed by atoms with Gasteiger partial charge in [-0.2, -0.15) is 10.5 Å². The van der Waals surface area contributed by atoms with E-state index in [1.165, 1.54) is 0 Å². The van der Waals surface area contributed by atoms with E-state index in [4.69, 9.17) is 10.5 Å². The van der Waals surface area contributed by atoms with E-state index in [0.29, 0.717) is 24.3 Å². The number of nitrogens with zero attached hydrogens (tertiary/aromatic N) is 3. The number of carbonyl (C=O) groups is 1. The maximum absolute atomic E-state index is 12.0. The predicted molar refractivity (Wildman–Crippen MR) is 70.1 cm³/mol. The summed E-state index contributed by atoms with van der Waals surface area (Å²) in [7, 11) is 0. The summed E-state index contributed by atoms with van der Waals surface area (Å²) >= 11 is 0. The second kappa shape index (κ2) is 5.88. The molecule has 2 amide bonds. The first-order valence-electron chi connectivity index (χ1n) is 6.18. The molecule has 5 nitrogen and oxygen atoms in total. The van der Waals surface area contributed by atoms with Crippen molar-refractivity contribution in [3.63, 3.8) is 0 Å². The molecule has 0 aliphatic carbocycles. The van der Waals surface area contributed by atoms with Crippen molar-refractivity contribution in [1.82, 2.24) is 4.90 Å². The van der Waals surface area contributed by atoms with Crippen LogP contribution in [0.2, 0.25) is 0 Å². The fourth-order valence-electron chi connectivity index (χ4n) is 2.08.